The fourth-order valence-electron chi connectivity index (χ4n) is 1.70. The standard InChI is InChI=1S/C13H14BrIN4/c1-7(2)3-10-11(15)12(16)19-13(18-10)8-4-9(14)6-17-5-8/h4-7H,3H2,1-2H3,(H2,16,18,19). The van der Waals surface area contributed by atoms with Crippen LogP contribution in [-0.4, -0.2) is 15.0 Å². The molecule has 2 heterocycles. The van der Waals surface area contributed by atoms with Gasteiger partial charge in [-0.3, -0.25) is 4.98 Å². The van der Waals surface area contributed by atoms with Crippen LogP contribution in [0.15, 0.2) is 22.9 Å². The van der Waals surface area contributed by atoms with Gasteiger partial charge in [-0.2, -0.15) is 0 Å². The minimum absolute atomic E-state index is 0.524. The normalized spacial score (nSPS) is 11.0. The second-order valence-electron chi connectivity index (χ2n) is 4.68. The molecule has 0 saturated heterocycles. The van der Waals surface area contributed by atoms with Crippen LogP contribution in [0, 0.1) is 9.49 Å². The van der Waals surface area contributed by atoms with Gasteiger partial charge in [0.2, 0.25) is 0 Å². The van der Waals surface area contributed by atoms with Crippen molar-refractivity contribution < 1.29 is 0 Å². The lowest BCUT2D eigenvalue weighted by Gasteiger charge is -2.10. The number of rotatable bonds is 3. The molecule has 2 aromatic heterocycles. The number of nitrogens with zero attached hydrogens (tertiary/aromatic N) is 3. The third-order valence-electron chi connectivity index (χ3n) is 2.51. The fourth-order valence-corrected chi connectivity index (χ4v) is 2.52. The summed E-state index contributed by atoms with van der Waals surface area (Å²) in [5.41, 5.74) is 7.84. The number of pyridine rings is 1. The first kappa shape index (κ1) is 14.6. The number of nitrogens with two attached hydrogens (primary N) is 1. The van der Waals surface area contributed by atoms with Crippen LogP contribution in [0.3, 0.4) is 0 Å². The first-order chi connectivity index (χ1) is 8.97. The lowest BCUT2D eigenvalue weighted by Crippen LogP contribution is -2.07. The zero-order valence-corrected chi connectivity index (χ0v) is 14.4. The van der Waals surface area contributed by atoms with E-state index in [-0.39, 0.29) is 0 Å². The maximum absolute atomic E-state index is 5.98. The number of hydrogen-bond acceptors (Lipinski definition) is 4. The molecule has 0 radical (unpaired) electrons. The molecule has 0 aliphatic rings. The van der Waals surface area contributed by atoms with Crippen molar-refractivity contribution in [2.75, 3.05) is 5.73 Å². The molecule has 6 heteroatoms. The lowest BCUT2D eigenvalue weighted by molar-refractivity contribution is 0.632. The van der Waals surface area contributed by atoms with Crippen LogP contribution in [0.25, 0.3) is 11.4 Å². The number of anilines is 1. The van der Waals surface area contributed by atoms with Gasteiger partial charge in [0.25, 0.3) is 0 Å². The van der Waals surface area contributed by atoms with E-state index in [4.69, 9.17) is 5.73 Å². The Morgan fingerprint density at radius 2 is 2.05 bits per heavy atom. The molecule has 2 aromatic rings. The van der Waals surface area contributed by atoms with Crippen LogP contribution in [0.1, 0.15) is 19.5 Å². The summed E-state index contributed by atoms with van der Waals surface area (Å²) in [6.45, 7) is 4.32. The molecule has 100 valence electrons. The van der Waals surface area contributed by atoms with Crippen LogP contribution in [0.5, 0.6) is 0 Å². The first-order valence-electron chi connectivity index (χ1n) is 5.90. The Hall–Kier alpha value is -0.760. The quantitative estimate of drug-likeness (QED) is 0.751. The van der Waals surface area contributed by atoms with Gasteiger partial charge in [-0.25, -0.2) is 9.97 Å². The highest BCUT2D eigenvalue weighted by Gasteiger charge is 2.13. The van der Waals surface area contributed by atoms with E-state index in [0.717, 1.165) is 25.7 Å². The van der Waals surface area contributed by atoms with Gasteiger partial charge in [-0.05, 0) is 56.9 Å². The molecule has 0 bridgehead atoms. The zero-order chi connectivity index (χ0) is 14.0. The third-order valence-corrected chi connectivity index (χ3v) is 4.12. The molecule has 2 rings (SSSR count). The molecular weight excluding hydrogens is 419 g/mol. The molecule has 0 aromatic carbocycles. The van der Waals surface area contributed by atoms with Crippen LogP contribution in [0.2, 0.25) is 0 Å². The smallest absolute Gasteiger partial charge is 0.163 e. The fraction of sp³-hybridized carbons (Fsp3) is 0.308. The monoisotopic (exact) mass is 432 g/mol. The molecule has 4 nitrogen and oxygen atoms in total. The van der Waals surface area contributed by atoms with Crippen molar-refractivity contribution in [3.8, 4) is 11.4 Å². The summed E-state index contributed by atoms with van der Waals surface area (Å²) in [6.07, 6.45) is 4.36. The molecule has 0 aliphatic carbocycles. The van der Waals surface area contributed by atoms with Gasteiger partial charge >= 0.3 is 0 Å². The van der Waals surface area contributed by atoms with Crippen molar-refractivity contribution in [2.24, 2.45) is 5.92 Å². The van der Waals surface area contributed by atoms with Crippen LogP contribution >= 0.6 is 38.5 Å². The Morgan fingerprint density at radius 3 is 2.68 bits per heavy atom. The molecule has 0 spiro atoms. The summed E-state index contributed by atoms with van der Waals surface area (Å²) >= 11 is 5.61. The van der Waals surface area contributed by atoms with E-state index in [1.807, 2.05) is 6.07 Å². The molecule has 0 saturated carbocycles. The summed E-state index contributed by atoms with van der Waals surface area (Å²) in [7, 11) is 0. The van der Waals surface area contributed by atoms with E-state index in [9.17, 15) is 0 Å². The topological polar surface area (TPSA) is 64.7 Å². The highest BCUT2D eigenvalue weighted by Crippen LogP contribution is 2.24. The lowest BCUT2D eigenvalue weighted by atomic mass is 10.1. The number of aromatic nitrogens is 3. The van der Waals surface area contributed by atoms with Gasteiger partial charge in [-0.1, -0.05) is 13.8 Å². The first-order valence-corrected chi connectivity index (χ1v) is 7.77. The van der Waals surface area contributed by atoms with E-state index < -0.39 is 0 Å². The Bertz CT molecular complexity index is 601. The predicted octanol–water partition coefficient (Wildman–Crippen LogP) is 3.69. The maximum atomic E-state index is 5.98. The Labute approximate surface area is 134 Å². The van der Waals surface area contributed by atoms with Gasteiger partial charge in [-0.15, -0.1) is 0 Å². The van der Waals surface area contributed by atoms with E-state index in [2.05, 4.69) is 67.3 Å². The highest BCUT2D eigenvalue weighted by atomic mass is 127. The summed E-state index contributed by atoms with van der Waals surface area (Å²) in [5, 5.41) is 0. The van der Waals surface area contributed by atoms with Gasteiger partial charge in [0.15, 0.2) is 5.82 Å². The predicted molar refractivity (Wildman–Crippen MR) is 88.6 cm³/mol. The summed E-state index contributed by atoms with van der Waals surface area (Å²) < 4.78 is 1.84. The molecule has 19 heavy (non-hydrogen) atoms. The van der Waals surface area contributed by atoms with Gasteiger partial charge in [0.05, 0.1) is 9.26 Å². The molecule has 2 N–H and O–H groups in total. The Kier molecular flexibility index (Phi) is 4.72. The Morgan fingerprint density at radius 1 is 1.32 bits per heavy atom. The molecule has 0 atom stereocenters. The van der Waals surface area contributed by atoms with E-state index in [0.29, 0.717) is 17.6 Å². The Balaban J connectivity index is 2.50. The second-order valence-corrected chi connectivity index (χ2v) is 6.68. The number of hydrogen-bond donors (Lipinski definition) is 1. The largest absolute Gasteiger partial charge is 0.383 e. The minimum atomic E-state index is 0.524. The zero-order valence-electron chi connectivity index (χ0n) is 10.7. The van der Waals surface area contributed by atoms with E-state index >= 15 is 0 Å². The average Bonchev–Trinajstić information content (AvgIpc) is 2.34. The number of nitrogen functional groups attached to an aromatic ring is 1. The van der Waals surface area contributed by atoms with Crippen molar-refractivity contribution in [1.82, 2.24) is 15.0 Å². The van der Waals surface area contributed by atoms with Crippen LogP contribution in [0.4, 0.5) is 5.82 Å². The maximum Gasteiger partial charge on any atom is 0.163 e. The molecule has 0 unspecified atom stereocenters. The minimum Gasteiger partial charge on any atom is -0.383 e. The van der Waals surface area contributed by atoms with Crippen LogP contribution < -0.4 is 5.73 Å². The van der Waals surface area contributed by atoms with Crippen molar-refractivity contribution in [2.45, 2.75) is 20.3 Å². The SMILES string of the molecule is CC(C)Cc1nc(-c2cncc(Br)c2)nc(N)c1I. The summed E-state index contributed by atoms with van der Waals surface area (Å²) in [4.78, 5) is 13.1. The van der Waals surface area contributed by atoms with E-state index in [1.54, 1.807) is 12.4 Å². The van der Waals surface area contributed by atoms with Crippen molar-refractivity contribution in [1.29, 1.82) is 0 Å². The summed E-state index contributed by atoms with van der Waals surface area (Å²) in [6, 6.07) is 1.94. The molecule has 0 fully saturated rings. The van der Waals surface area contributed by atoms with Gasteiger partial charge < -0.3 is 5.73 Å². The van der Waals surface area contributed by atoms with Gasteiger partial charge in [0.1, 0.15) is 5.82 Å². The van der Waals surface area contributed by atoms with Crippen molar-refractivity contribution >= 4 is 44.3 Å². The second kappa shape index (κ2) is 6.13. The summed E-state index contributed by atoms with van der Waals surface area (Å²) in [5.74, 6) is 1.68. The van der Waals surface area contributed by atoms with E-state index in [1.165, 1.54) is 0 Å². The third kappa shape index (κ3) is 3.62. The highest BCUT2D eigenvalue weighted by molar-refractivity contribution is 14.1. The average molecular weight is 433 g/mol. The van der Waals surface area contributed by atoms with Crippen molar-refractivity contribution in [3.63, 3.8) is 0 Å². The molecule has 0 aliphatic heterocycles. The van der Waals surface area contributed by atoms with Crippen molar-refractivity contribution in [3.05, 3.63) is 32.2 Å². The molecular formula is C13H14BrIN4. The van der Waals surface area contributed by atoms with Crippen LogP contribution in [-0.2, 0) is 6.42 Å². The number of halogens is 2. The van der Waals surface area contributed by atoms with Gasteiger partial charge in [0, 0.05) is 22.4 Å². The molecule has 0 amide bonds.